The van der Waals surface area contributed by atoms with Crippen LogP contribution in [0.15, 0.2) is 47.6 Å². The minimum Gasteiger partial charge on any atom is -0.394 e. The minimum absolute atomic E-state index is 0.0208. The predicted octanol–water partition coefficient (Wildman–Crippen LogP) is 4.22. The van der Waals surface area contributed by atoms with Gasteiger partial charge >= 0.3 is 0 Å². The molecule has 0 fully saturated rings. The third-order valence-corrected chi connectivity index (χ3v) is 5.14. The van der Waals surface area contributed by atoms with Gasteiger partial charge in [-0.25, -0.2) is 9.37 Å². The highest BCUT2D eigenvalue weighted by Gasteiger charge is 2.14. The van der Waals surface area contributed by atoms with Crippen LogP contribution in [0.4, 0.5) is 21.6 Å². The van der Waals surface area contributed by atoms with Gasteiger partial charge in [-0.15, -0.1) is 22.0 Å². The molecular formula is C20H21ClFN5O2S. The van der Waals surface area contributed by atoms with Gasteiger partial charge in [0.1, 0.15) is 16.7 Å². The topological polar surface area (TPSA) is 92.2 Å². The maximum atomic E-state index is 14.3. The van der Waals surface area contributed by atoms with Crippen LogP contribution in [0.1, 0.15) is 0 Å². The SMILES string of the molecule is CNc1cc(Nc2cc(-c3cc(Cl)ccc3F)nnc2SCCOCCO)ccn1. The summed E-state index contributed by atoms with van der Waals surface area (Å²) in [6.45, 7) is 0.720. The lowest BCUT2D eigenvalue weighted by Gasteiger charge is -2.13. The Morgan fingerprint density at radius 1 is 1.17 bits per heavy atom. The minimum atomic E-state index is -0.432. The van der Waals surface area contributed by atoms with E-state index in [0.717, 1.165) is 5.69 Å². The van der Waals surface area contributed by atoms with Crippen molar-refractivity contribution in [2.45, 2.75) is 5.03 Å². The van der Waals surface area contributed by atoms with Crippen LogP contribution in [-0.4, -0.2) is 52.9 Å². The standard InChI is InChI=1S/C20H21ClFN5O2S/c1-23-19-11-14(4-5-24-19)25-18-12-17(15-10-13(21)2-3-16(15)22)26-27-20(18)30-9-8-29-7-6-28/h2-5,10-12,28H,6-9H2,1H3,(H2,23,24,25,26). The average molecular weight is 450 g/mol. The van der Waals surface area contributed by atoms with Crippen LogP contribution in [0, 0.1) is 5.82 Å². The number of anilines is 3. The first-order chi connectivity index (χ1) is 14.6. The van der Waals surface area contributed by atoms with Gasteiger partial charge < -0.3 is 20.5 Å². The molecule has 0 spiro atoms. The number of hydrogen-bond acceptors (Lipinski definition) is 8. The average Bonchev–Trinajstić information content (AvgIpc) is 2.76. The molecule has 0 saturated heterocycles. The van der Waals surface area contributed by atoms with Crippen LogP contribution in [0.25, 0.3) is 11.3 Å². The van der Waals surface area contributed by atoms with E-state index in [4.69, 9.17) is 21.4 Å². The predicted molar refractivity (Wildman–Crippen MR) is 118 cm³/mol. The van der Waals surface area contributed by atoms with Crippen molar-refractivity contribution in [3.05, 3.63) is 53.4 Å². The number of pyridine rings is 1. The molecule has 1 aromatic carbocycles. The molecule has 30 heavy (non-hydrogen) atoms. The summed E-state index contributed by atoms with van der Waals surface area (Å²) in [5.74, 6) is 0.889. The van der Waals surface area contributed by atoms with E-state index < -0.39 is 5.82 Å². The fraction of sp³-hybridized carbons (Fsp3) is 0.250. The third-order valence-electron chi connectivity index (χ3n) is 3.96. The Labute approximate surface area is 183 Å². The van der Waals surface area contributed by atoms with Gasteiger partial charge in [0.15, 0.2) is 0 Å². The van der Waals surface area contributed by atoms with Gasteiger partial charge in [0.2, 0.25) is 0 Å². The largest absolute Gasteiger partial charge is 0.394 e. The normalized spacial score (nSPS) is 10.8. The van der Waals surface area contributed by atoms with E-state index in [9.17, 15) is 4.39 Å². The summed E-state index contributed by atoms with van der Waals surface area (Å²) in [6, 6.07) is 9.71. The van der Waals surface area contributed by atoms with Crippen LogP contribution in [0.5, 0.6) is 0 Å². The summed E-state index contributed by atoms with van der Waals surface area (Å²) >= 11 is 7.48. The molecule has 3 rings (SSSR count). The second-order valence-corrected chi connectivity index (χ2v) is 7.58. The van der Waals surface area contributed by atoms with E-state index in [1.54, 1.807) is 19.3 Å². The van der Waals surface area contributed by atoms with E-state index in [2.05, 4.69) is 25.8 Å². The van der Waals surface area contributed by atoms with E-state index in [1.807, 2.05) is 12.1 Å². The molecule has 3 N–H and O–H groups in total. The summed E-state index contributed by atoms with van der Waals surface area (Å²) in [4.78, 5) is 4.20. The van der Waals surface area contributed by atoms with Crippen LogP contribution >= 0.6 is 23.4 Å². The van der Waals surface area contributed by atoms with Gasteiger partial charge in [-0.3, -0.25) is 0 Å². The molecule has 7 nitrogen and oxygen atoms in total. The fourth-order valence-electron chi connectivity index (χ4n) is 2.57. The Bertz CT molecular complexity index is 995. The Kier molecular flexibility index (Phi) is 8.21. The van der Waals surface area contributed by atoms with Gasteiger partial charge in [0, 0.05) is 41.3 Å². The number of thioether (sulfide) groups is 1. The summed E-state index contributed by atoms with van der Waals surface area (Å²) in [5.41, 5.74) is 2.09. The molecule has 0 unspecified atom stereocenters. The van der Waals surface area contributed by atoms with Crippen LogP contribution in [0.2, 0.25) is 5.02 Å². The number of ether oxygens (including phenoxy) is 1. The first kappa shape index (κ1) is 22.2. The molecule has 10 heteroatoms. The van der Waals surface area contributed by atoms with E-state index in [0.29, 0.717) is 39.6 Å². The van der Waals surface area contributed by atoms with Crippen molar-refractivity contribution < 1.29 is 14.2 Å². The summed E-state index contributed by atoms with van der Waals surface area (Å²) in [7, 11) is 1.79. The van der Waals surface area contributed by atoms with Gasteiger partial charge in [-0.2, -0.15) is 0 Å². The molecule has 2 heterocycles. The van der Waals surface area contributed by atoms with Crippen molar-refractivity contribution in [3.63, 3.8) is 0 Å². The zero-order valence-electron chi connectivity index (χ0n) is 16.2. The van der Waals surface area contributed by atoms with E-state index in [1.165, 1.54) is 30.0 Å². The molecule has 0 saturated carbocycles. The highest BCUT2D eigenvalue weighted by atomic mass is 35.5. The number of aliphatic hydroxyl groups is 1. The monoisotopic (exact) mass is 449 g/mol. The molecule has 158 valence electrons. The van der Waals surface area contributed by atoms with Crippen molar-refractivity contribution in [1.82, 2.24) is 15.2 Å². The highest BCUT2D eigenvalue weighted by molar-refractivity contribution is 7.99. The van der Waals surface area contributed by atoms with Crippen molar-refractivity contribution in [1.29, 1.82) is 0 Å². The lowest BCUT2D eigenvalue weighted by Crippen LogP contribution is -2.04. The molecule has 2 aromatic heterocycles. The maximum absolute atomic E-state index is 14.3. The molecule has 0 aliphatic carbocycles. The fourth-order valence-corrected chi connectivity index (χ4v) is 3.50. The number of benzene rings is 1. The van der Waals surface area contributed by atoms with Gasteiger partial charge in [-0.05, 0) is 30.3 Å². The summed E-state index contributed by atoms with van der Waals surface area (Å²) in [6.07, 6.45) is 1.68. The van der Waals surface area contributed by atoms with E-state index >= 15 is 0 Å². The van der Waals surface area contributed by atoms with E-state index in [-0.39, 0.29) is 18.8 Å². The van der Waals surface area contributed by atoms with Crippen molar-refractivity contribution in [2.75, 3.05) is 43.3 Å². The smallest absolute Gasteiger partial charge is 0.142 e. The van der Waals surface area contributed by atoms with Crippen molar-refractivity contribution >= 4 is 40.6 Å². The second kappa shape index (κ2) is 11.1. The summed E-state index contributed by atoms with van der Waals surface area (Å²) < 4.78 is 19.6. The van der Waals surface area contributed by atoms with Gasteiger partial charge in [-0.1, -0.05) is 11.6 Å². The number of nitrogens with one attached hydrogen (secondary N) is 2. The lowest BCUT2D eigenvalue weighted by atomic mass is 10.1. The first-order valence-electron chi connectivity index (χ1n) is 9.16. The number of aliphatic hydroxyl groups excluding tert-OH is 1. The zero-order chi connectivity index (χ0) is 21.3. The first-order valence-corrected chi connectivity index (χ1v) is 10.5. The number of rotatable bonds is 10. The molecule has 0 bridgehead atoms. The summed E-state index contributed by atoms with van der Waals surface area (Å²) in [5, 5.41) is 24.6. The maximum Gasteiger partial charge on any atom is 0.142 e. The Hall–Kier alpha value is -2.46. The second-order valence-electron chi connectivity index (χ2n) is 6.06. The van der Waals surface area contributed by atoms with Crippen LogP contribution in [-0.2, 0) is 4.74 Å². The number of nitrogens with zero attached hydrogens (tertiary/aromatic N) is 3. The molecular weight excluding hydrogens is 429 g/mol. The molecule has 0 aliphatic heterocycles. The Morgan fingerprint density at radius 3 is 2.83 bits per heavy atom. The molecule has 3 aromatic rings. The zero-order valence-corrected chi connectivity index (χ0v) is 17.8. The lowest BCUT2D eigenvalue weighted by molar-refractivity contribution is 0.103. The van der Waals surface area contributed by atoms with Crippen molar-refractivity contribution in [3.8, 4) is 11.3 Å². The van der Waals surface area contributed by atoms with Crippen LogP contribution in [0.3, 0.4) is 0 Å². The molecule has 0 aliphatic rings. The Balaban J connectivity index is 1.90. The number of aromatic nitrogens is 3. The number of halogens is 2. The highest BCUT2D eigenvalue weighted by Crippen LogP contribution is 2.32. The third kappa shape index (κ3) is 6.02. The number of hydrogen-bond donors (Lipinski definition) is 3. The quantitative estimate of drug-likeness (QED) is 0.313. The molecule has 0 radical (unpaired) electrons. The van der Waals surface area contributed by atoms with Crippen molar-refractivity contribution in [2.24, 2.45) is 0 Å². The van der Waals surface area contributed by atoms with Gasteiger partial charge in [0.25, 0.3) is 0 Å². The molecule has 0 amide bonds. The molecule has 0 atom stereocenters. The Morgan fingerprint density at radius 2 is 2.03 bits per heavy atom. The van der Waals surface area contributed by atoms with Gasteiger partial charge in [0.05, 0.1) is 31.2 Å². The van der Waals surface area contributed by atoms with Crippen LogP contribution < -0.4 is 10.6 Å².